The summed E-state index contributed by atoms with van der Waals surface area (Å²) in [5.74, 6) is -0.201. The van der Waals surface area contributed by atoms with Crippen LogP contribution in [0.15, 0.2) is 53.7 Å². The van der Waals surface area contributed by atoms with Gasteiger partial charge < -0.3 is 5.32 Å². The lowest BCUT2D eigenvalue weighted by atomic mass is 9.86. The number of hydrogen-bond donors (Lipinski definition) is 2. The van der Waals surface area contributed by atoms with Gasteiger partial charge in [-0.2, -0.15) is 5.10 Å². The summed E-state index contributed by atoms with van der Waals surface area (Å²) >= 11 is 0. The lowest BCUT2D eigenvalue weighted by molar-refractivity contribution is 0.435. The van der Waals surface area contributed by atoms with Crippen LogP contribution in [0.4, 0.5) is 8.78 Å². The van der Waals surface area contributed by atoms with Gasteiger partial charge in [-0.3, -0.25) is 4.68 Å². The van der Waals surface area contributed by atoms with E-state index in [-0.39, 0.29) is 41.3 Å². The monoisotopic (exact) mass is 474 g/mol. The Bertz CT molecular complexity index is 1240. The maximum Gasteiger partial charge on any atom is 0.243 e. The van der Waals surface area contributed by atoms with Crippen LogP contribution in [0.1, 0.15) is 28.2 Å². The van der Waals surface area contributed by atoms with Crippen LogP contribution in [0.2, 0.25) is 0 Å². The molecule has 2 N–H and O–H groups in total. The first kappa shape index (κ1) is 23.5. The number of sulfonamides is 1. The standard InChI is InChI=1S/C24H28F2N4O2S/c1-27-13-19-10-18-12-24(26)17(6-7-29-33(31,32)21-14-28-30(2)15-21)11-23(18)22(19)9-16-4-3-5-20(25)8-16/h3-5,8,11-12,14-15,19,22,27,29H,6-7,9-10,13H2,1-2H3. The molecule has 0 fully saturated rings. The number of aryl methyl sites for hydroxylation is 1. The highest BCUT2D eigenvalue weighted by molar-refractivity contribution is 7.89. The normalized spacial score (nSPS) is 17.9. The molecule has 0 saturated heterocycles. The zero-order valence-corrected chi connectivity index (χ0v) is 19.5. The van der Waals surface area contributed by atoms with Crippen molar-refractivity contribution >= 4 is 10.0 Å². The Morgan fingerprint density at radius 2 is 2.03 bits per heavy atom. The van der Waals surface area contributed by atoms with Crippen molar-refractivity contribution < 1.29 is 17.2 Å². The van der Waals surface area contributed by atoms with Crippen molar-refractivity contribution in [3.05, 3.63) is 82.7 Å². The molecule has 2 aromatic carbocycles. The van der Waals surface area contributed by atoms with E-state index in [1.165, 1.54) is 23.1 Å². The fourth-order valence-electron chi connectivity index (χ4n) is 4.68. The van der Waals surface area contributed by atoms with E-state index >= 15 is 0 Å². The number of hydrogen-bond acceptors (Lipinski definition) is 4. The molecule has 33 heavy (non-hydrogen) atoms. The quantitative estimate of drug-likeness (QED) is 0.500. The van der Waals surface area contributed by atoms with Gasteiger partial charge in [0.25, 0.3) is 0 Å². The van der Waals surface area contributed by atoms with Gasteiger partial charge in [0.05, 0.1) is 6.20 Å². The Balaban J connectivity index is 1.53. The molecule has 1 heterocycles. The molecule has 0 spiro atoms. The van der Waals surface area contributed by atoms with Gasteiger partial charge in [-0.1, -0.05) is 18.2 Å². The molecule has 0 saturated carbocycles. The molecule has 0 amide bonds. The highest BCUT2D eigenvalue weighted by Crippen LogP contribution is 2.41. The van der Waals surface area contributed by atoms with Gasteiger partial charge in [0, 0.05) is 19.8 Å². The van der Waals surface area contributed by atoms with E-state index < -0.39 is 10.0 Å². The maximum atomic E-state index is 14.9. The van der Waals surface area contributed by atoms with Gasteiger partial charge in [0.15, 0.2) is 0 Å². The Kier molecular flexibility index (Phi) is 6.92. The molecule has 2 unspecified atom stereocenters. The van der Waals surface area contributed by atoms with Crippen LogP contribution >= 0.6 is 0 Å². The Morgan fingerprint density at radius 1 is 1.21 bits per heavy atom. The minimum atomic E-state index is -3.71. The zero-order valence-electron chi connectivity index (χ0n) is 18.7. The Labute approximate surface area is 193 Å². The third kappa shape index (κ3) is 5.31. The molecule has 9 heteroatoms. The van der Waals surface area contributed by atoms with E-state index in [0.717, 1.165) is 29.7 Å². The summed E-state index contributed by atoms with van der Waals surface area (Å²) in [5, 5.41) is 7.10. The molecule has 1 aliphatic rings. The average Bonchev–Trinajstić information content (AvgIpc) is 3.33. The summed E-state index contributed by atoms with van der Waals surface area (Å²) in [6.07, 6.45) is 4.33. The molecule has 0 radical (unpaired) electrons. The highest BCUT2D eigenvalue weighted by Gasteiger charge is 2.33. The number of benzene rings is 2. The van der Waals surface area contributed by atoms with Crippen LogP contribution in [0.5, 0.6) is 0 Å². The van der Waals surface area contributed by atoms with E-state index in [1.807, 2.05) is 19.2 Å². The SMILES string of the molecule is CNCC1Cc2cc(F)c(CCNS(=O)(=O)c3cnn(C)c3)cc2C1Cc1cccc(F)c1. The topological polar surface area (TPSA) is 76.0 Å². The van der Waals surface area contributed by atoms with Crippen molar-refractivity contribution in [3.8, 4) is 0 Å². The summed E-state index contributed by atoms with van der Waals surface area (Å²) in [6, 6.07) is 10.0. The number of aromatic nitrogens is 2. The van der Waals surface area contributed by atoms with Gasteiger partial charge in [0.2, 0.25) is 10.0 Å². The largest absolute Gasteiger partial charge is 0.319 e. The van der Waals surface area contributed by atoms with Crippen molar-refractivity contribution in [2.45, 2.75) is 30.1 Å². The molecule has 6 nitrogen and oxygen atoms in total. The summed E-state index contributed by atoms with van der Waals surface area (Å²) < 4.78 is 57.3. The Hall–Kier alpha value is -2.62. The first-order valence-corrected chi connectivity index (χ1v) is 12.4. The number of halogens is 2. The first-order chi connectivity index (χ1) is 15.8. The second-order valence-corrected chi connectivity index (χ2v) is 10.4. The predicted molar refractivity (Wildman–Crippen MR) is 122 cm³/mol. The number of fused-ring (bicyclic) bond motifs is 1. The molecule has 0 bridgehead atoms. The molecule has 176 valence electrons. The van der Waals surface area contributed by atoms with E-state index in [9.17, 15) is 17.2 Å². The van der Waals surface area contributed by atoms with Gasteiger partial charge in [-0.05, 0) is 85.1 Å². The third-order valence-electron chi connectivity index (χ3n) is 6.25. The predicted octanol–water partition coefficient (Wildman–Crippen LogP) is 2.94. The van der Waals surface area contributed by atoms with Crippen molar-refractivity contribution in [1.29, 1.82) is 0 Å². The van der Waals surface area contributed by atoms with Gasteiger partial charge in [-0.15, -0.1) is 0 Å². The molecule has 3 aromatic rings. The molecular weight excluding hydrogens is 446 g/mol. The molecule has 2 atom stereocenters. The lowest BCUT2D eigenvalue weighted by Crippen LogP contribution is -2.26. The van der Waals surface area contributed by atoms with Crippen LogP contribution in [-0.4, -0.2) is 38.3 Å². The molecule has 4 rings (SSSR count). The van der Waals surface area contributed by atoms with E-state index in [1.54, 1.807) is 25.2 Å². The zero-order chi connectivity index (χ0) is 23.6. The minimum Gasteiger partial charge on any atom is -0.319 e. The Morgan fingerprint density at radius 3 is 2.73 bits per heavy atom. The molecular formula is C24H28F2N4O2S. The van der Waals surface area contributed by atoms with Crippen molar-refractivity contribution in [2.24, 2.45) is 13.0 Å². The second-order valence-electron chi connectivity index (χ2n) is 8.60. The van der Waals surface area contributed by atoms with Gasteiger partial charge in [-0.25, -0.2) is 21.9 Å². The molecule has 0 aliphatic heterocycles. The fraction of sp³-hybridized carbons (Fsp3) is 0.375. The van der Waals surface area contributed by atoms with E-state index in [4.69, 9.17) is 0 Å². The number of rotatable bonds is 9. The van der Waals surface area contributed by atoms with Gasteiger partial charge >= 0.3 is 0 Å². The van der Waals surface area contributed by atoms with Crippen molar-refractivity contribution in [2.75, 3.05) is 20.1 Å². The summed E-state index contributed by atoms with van der Waals surface area (Å²) in [5.41, 5.74) is 3.40. The van der Waals surface area contributed by atoms with Crippen LogP contribution in [-0.2, 0) is 36.3 Å². The van der Waals surface area contributed by atoms with E-state index in [2.05, 4.69) is 15.1 Å². The third-order valence-corrected chi connectivity index (χ3v) is 7.66. The smallest absolute Gasteiger partial charge is 0.243 e. The minimum absolute atomic E-state index is 0.0709. The maximum absolute atomic E-state index is 14.9. The van der Waals surface area contributed by atoms with Crippen molar-refractivity contribution in [1.82, 2.24) is 19.8 Å². The van der Waals surface area contributed by atoms with Crippen LogP contribution in [0, 0.1) is 17.6 Å². The summed E-state index contributed by atoms with van der Waals surface area (Å²) in [6.45, 7) is 0.845. The molecule has 1 aromatic heterocycles. The highest BCUT2D eigenvalue weighted by atomic mass is 32.2. The number of nitrogens with one attached hydrogen (secondary N) is 2. The summed E-state index contributed by atoms with van der Waals surface area (Å²) in [4.78, 5) is 0.0736. The van der Waals surface area contributed by atoms with Crippen LogP contribution < -0.4 is 10.0 Å². The second kappa shape index (κ2) is 9.70. The number of nitrogens with zero attached hydrogens (tertiary/aromatic N) is 2. The fourth-order valence-corrected chi connectivity index (χ4v) is 5.70. The average molecular weight is 475 g/mol. The van der Waals surface area contributed by atoms with Crippen LogP contribution in [0.25, 0.3) is 0 Å². The van der Waals surface area contributed by atoms with Gasteiger partial charge in [0.1, 0.15) is 16.5 Å². The van der Waals surface area contributed by atoms with Crippen LogP contribution in [0.3, 0.4) is 0 Å². The van der Waals surface area contributed by atoms with Crippen molar-refractivity contribution in [3.63, 3.8) is 0 Å². The lowest BCUT2D eigenvalue weighted by Gasteiger charge is -2.21. The first-order valence-electron chi connectivity index (χ1n) is 11.0. The molecule has 1 aliphatic carbocycles. The summed E-state index contributed by atoms with van der Waals surface area (Å²) in [7, 11) is -0.174. The van der Waals surface area contributed by atoms with E-state index in [0.29, 0.717) is 12.0 Å².